The fourth-order valence-electron chi connectivity index (χ4n) is 2.69. The molecule has 0 bridgehead atoms. The lowest BCUT2D eigenvalue weighted by Gasteiger charge is -2.36. The number of hydrogen-bond acceptors (Lipinski definition) is 3. The molecule has 5 nitrogen and oxygen atoms in total. The molecule has 0 saturated carbocycles. The van der Waals surface area contributed by atoms with E-state index in [0.717, 1.165) is 5.56 Å². The number of carboxylic acids is 1. The van der Waals surface area contributed by atoms with E-state index >= 15 is 0 Å². The van der Waals surface area contributed by atoms with E-state index in [0.29, 0.717) is 18.6 Å². The number of rotatable bonds is 4. The Balaban J connectivity index is 1.95. The molecular weight excluding hydrogens is 282 g/mol. The molecule has 1 N–H and O–H groups in total. The van der Waals surface area contributed by atoms with Crippen molar-refractivity contribution in [3.05, 3.63) is 29.3 Å². The van der Waals surface area contributed by atoms with E-state index in [9.17, 15) is 9.59 Å². The first-order valence-electron chi connectivity index (χ1n) is 7.61. The molecule has 22 heavy (non-hydrogen) atoms. The van der Waals surface area contributed by atoms with Gasteiger partial charge in [-0.3, -0.25) is 9.59 Å². The topological polar surface area (TPSA) is 66.8 Å². The van der Waals surface area contributed by atoms with Crippen LogP contribution in [0.2, 0.25) is 0 Å². The van der Waals surface area contributed by atoms with Crippen molar-refractivity contribution >= 4 is 11.9 Å². The normalized spacial score (nSPS) is 21.5. The van der Waals surface area contributed by atoms with Crippen LogP contribution in [0, 0.1) is 19.8 Å². The largest absolute Gasteiger partial charge is 0.484 e. The summed E-state index contributed by atoms with van der Waals surface area (Å²) >= 11 is 0. The monoisotopic (exact) mass is 305 g/mol. The second kappa shape index (κ2) is 6.81. The van der Waals surface area contributed by atoms with Crippen molar-refractivity contribution in [2.24, 2.45) is 5.92 Å². The number of amides is 1. The van der Waals surface area contributed by atoms with Crippen LogP contribution < -0.4 is 4.74 Å². The molecule has 1 aromatic carbocycles. The zero-order valence-electron chi connectivity index (χ0n) is 13.3. The maximum absolute atomic E-state index is 12.3. The lowest BCUT2D eigenvalue weighted by molar-refractivity contribution is -0.147. The Morgan fingerprint density at radius 2 is 2.00 bits per heavy atom. The highest BCUT2D eigenvalue weighted by atomic mass is 16.5. The fourth-order valence-corrected chi connectivity index (χ4v) is 2.69. The minimum atomic E-state index is -0.834. The fraction of sp³-hybridized carbons (Fsp3) is 0.529. The van der Waals surface area contributed by atoms with Gasteiger partial charge in [-0.2, -0.15) is 0 Å². The van der Waals surface area contributed by atoms with Gasteiger partial charge in [0.05, 0.1) is 5.92 Å². The van der Waals surface area contributed by atoms with Gasteiger partial charge in [-0.05, 0) is 56.9 Å². The molecule has 0 radical (unpaired) electrons. The molecule has 1 aliphatic heterocycles. The Labute approximate surface area is 130 Å². The average Bonchev–Trinajstić information content (AvgIpc) is 2.48. The molecule has 2 rings (SSSR count). The number of nitrogens with zero attached hydrogens (tertiary/aromatic N) is 1. The minimum Gasteiger partial charge on any atom is -0.484 e. The molecule has 1 saturated heterocycles. The number of aryl methyl sites for hydroxylation is 2. The molecule has 2 unspecified atom stereocenters. The molecule has 0 aliphatic carbocycles. The summed E-state index contributed by atoms with van der Waals surface area (Å²) in [5, 5.41) is 9.12. The van der Waals surface area contributed by atoms with Gasteiger partial charge in [0.2, 0.25) is 0 Å². The molecule has 0 spiro atoms. The van der Waals surface area contributed by atoms with Crippen LogP contribution in [0.4, 0.5) is 0 Å². The van der Waals surface area contributed by atoms with Crippen molar-refractivity contribution in [1.82, 2.24) is 4.90 Å². The number of carbonyl (C=O) groups is 2. The number of piperidine rings is 1. The molecule has 1 aliphatic rings. The first-order valence-corrected chi connectivity index (χ1v) is 7.61. The van der Waals surface area contributed by atoms with Crippen molar-refractivity contribution in [3.63, 3.8) is 0 Å². The van der Waals surface area contributed by atoms with E-state index in [1.807, 2.05) is 39.0 Å². The van der Waals surface area contributed by atoms with E-state index < -0.39 is 11.9 Å². The summed E-state index contributed by atoms with van der Waals surface area (Å²) in [6.07, 6.45) is 1.34. The lowest BCUT2D eigenvalue weighted by atomic mass is 9.93. The summed E-state index contributed by atoms with van der Waals surface area (Å²) in [5.74, 6) is -0.797. The molecule has 1 fully saturated rings. The Hall–Kier alpha value is -2.04. The van der Waals surface area contributed by atoms with Crippen LogP contribution in [0.5, 0.6) is 5.75 Å². The highest BCUT2D eigenvalue weighted by molar-refractivity contribution is 5.79. The van der Waals surface area contributed by atoms with Gasteiger partial charge in [-0.15, -0.1) is 0 Å². The smallest absolute Gasteiger partial charge is 0.308 e. The van der Waals surface area contributed by atoms with Gasteiger partial charge in [0.25, 0.3) is 5.91 Å². The van der Waals surface area contributed by atoms with Crippen LogP contribution in [0.3, 0.4) is 0 Å². The molecule has 120 valence electrons. The standard InChI is InChI=1S/C17H23NO4/c1-11-4-7-15(8-12(11)2)22-10-16(19)18-9-14(17(20)21)6-5-13(18)3/h4,7-8,13-14H,5-6,9-10H2,1-3H3,(H,20,21). The van der Waals surface area contributed by atoms with Crippen LogP contribution in [0.15, 0.2) is 18.2 Å². The quantitative estimate of drug-likeness (QED) is 0.927. The number of likely N-dealkylation sites (tertiary alicyclic amines) is 1. The van der Waals surface area contributed by atoms with E-state index in [4.69, 9.17) is 9.84 Å². The molecule has 1 aromatic rings. The number of ether oxygens (including phenoxy) is 1. The van der Waals surface area contributed by atoms with Crippen LogP contribution in [0.1, 0.15) is 30.9 Å². The highest BCUT2D eigenvalue weighted by Gasteiger charge is 2.32. The number of benzene rings is 1. The predicted molar refractivity (Wildman–Crippen MR) is 82.9 cm³/mol. The van der Waals surface area contributed by atoms with Gasteiger partial charge in [-0.25, -0.2) is 0 Å². The third-order valence-corrected chi connectivity index (χ3v) is 4.39. The number of carboxylic acid groups (broad SMARTS) is 1. The van der Waals surface area contributed by atoms with Crippen LogP contribution in [0.25, 0.3) is 0 Å². The van der Waals surface area contributed by atoms with Crippen molar-refractivity contribution < 1.29 is 19.4 Å². The van der Waals surface area contributed by atoms with Crippen LogP contribution >= 0.6 is 0 Å². The summed E-state index contributed by atoms with van der Waals surface area (Å²) in [4.78, 5) is 25.0. The van der Waals surface area contributed by atoms with Crippen LogP contribution in [-0.2, 0) is 9.59 Å². The molecular formula is C17H23NO4. The SMILES string of the molecule is Cc1ccc(OCC(=O)N2CC(C(=O)O)CCC2C)cc1C. The van der Waals surface area contributed by atoms with E-state index in [-0.39, 0.29) is 25.1 Å². The average molecular weight is 305 g/mol. The third-order valence-electron chi connectivity index (χ3n) is 4.39. The summed E-state index contributed by atoms with van der Waals surface area (Å²) in [5.41, 5.74) is 2.29. The van der Waals surface area contributed by atoms with Gasteiger partial charge in [-0.1, -0.05) is 6.07 Å². The van der Waals surface area contributed by atoms with Gasteiger partial charge in [0, 0.05) is 12.6 Å². The maximum atomic E-state index is 12.3. The van der Waals surface area contributed by atoms with Gasteiger partial charge in [0.15, 0.2) is 6.61 Å². The summed E-state index contributed by atoms with van der Waals surface area (Å²) in [6.45, 7) is 6.18. The summed E-state index contributed by atoms with van der Waals surface area (Å²) in [7, 11) is 0. The van der Waals surface area contributed by atoms with E-state index in [1.54, 1.807) is 4.90 Å². The zero-order valence-corrected chi connectivity index (χ0v) is 13.3. The number of hydrogen-bond donors (Lipinski definition) is 1. The van der Waals surface area contributed by atoms with Gasteiger partial charge < -0.3 is 14.7 Å². The molecule has 5 heteroatoms. The lowest BCUT2D eigenvalue weighted by Crippen LogP contribution is -2.49. The molecule has 2 atom stereocenters. The minimum absolute atomic E-state index is 0.0564. The second-order valence-electron chi connectivity index (χ2n) is 6.04. The molecule has 1 heterocycles. The van der Waals surface area contributed by atoms with Crippen molar-refractivity contribution in [2.45, 2.75) is 39.7 Å². The Bertz CT molecular complexity index is 570. The second-order valence-corrected chi connectivity index (χ2v) is 6.04. The van der Waals surface area contributed by atoms with E-state index in [1.165, 1.54) is 5.56 Å². The van der Waals surface area contributed by atoms with E-state index in [2.05, 4.69) is 0 Å². The molecule has 1 amide bonds. The highest BCUT2D eigenvalue weighted by Crippen LogP contribution is 2.23. The van der Waals surface area contributed by atoms with Crippen molar-refractivity contribution in [1.29, 1.82) is 0 Å². The Kier molecular flexibility index (Phi) is 5.06. The Morgan fingerprint density at radius 1 is 1.27 bits per heavy atom. The molecule has 0 aromatic heterocycles. The predicted octanol–water partition coefficient (Wildman–Crippen LogP) is 2.39. The van der Waals surface area contributed by atoms with Crippen molar-refractivity contribution in [3.8, 4) is 5.75 Å². The number of aliphatic carboxylic acids is 1. The zero-order chi connectivity index (χ0) is 16.3. The third kappa shape index (κ3) is 3.78. The van der Waals surface area contributed by atoms with Gasteiger partial charge in [0.1, 0.15) is 5.75 Å². The van der Waals surface area contributed by atoms with Crippen LogP contribution in [-0.4, -0.2) is 41.1 Å². The first kappa shape index (κ1) is 16.3. The van der Waals surface area contributed by atoms with Crippen molar-refractivity contribution in [2.75, 3.05) is 13.2 Å². The number of carbonyl (C=O) groups excluding carboxylic acids is 1. The summed E-state index contributed by atoms with van der Waals surface area (Å²) in [6, 6.07) is 5.77. The Morgan fingerprint density at radius 3 is 2.64 bits per heavy atom. The first-order chi connectivity index (χ1) is 10.4. The van der Waals surface area contributed by atoms with Gasteiger partial charge >= 0.3 is 5.97 Å². The maximum Gasteiger partial charge on any atom is 0.308 e. The summed E-state index contributed by atoms with van der Waals surface area (Å²) < 4.78 is 5.56.